The summed E-state index contributed by atoms with van der Waals surface area (Å²) < 4.78 is 0. The molecule has 1 heterocycles. The van der Waals surface area contributed by atoms with Crippen LogP contribution in [0.5, 0.6) is 0 Å². The van der Waals surface area contributed by atoms with Crippen molar-refractivity contribution in [1.82, 2.24) is 5.43 Å². The molecule has 1 aliphatic rings. The van der Waals surface area contributed by atoms with Crippen molar-refractivity contribution in [2.75, 3.05) is 0 Å². The van der Waals surface area contributed by atoms with E-state index in [1.54, 1.807) is 0 Å². The average Bonchev–Trinajstić information content (AvgIpc) is 2.77. The number of hydrazine groups is 1. The second-order valence-electron chi connectivity index (χ2n) is 5.31. The molecule has 3 heteroatoms. The Morgan fingerprint density at radius 1 is 1.53 bits per heavy atom. The SMILES string of the molecule is CCC1CCCC(C(NN)c2sccc2C)C1. The Kier molecular flexibility index (Phi) is 4.60. The molecule has 0 aliphatic heterocycles. The van der Waals surface area contributed by atoms with Gasteiger partial charge in [0.05, 0.1) is 6.04 Å². The standard InChI is InChI=1S/C14H24N2S/c1-3-11-5-4-6-12(9-11)13(16-15)14-10(2)7-8-17-14/h7-8,11-13,16H,3-6,9,15H2,1-2H3. The minimum absolute atomic E-state index is 0.365. The van der Waals surface area contributed by atoms with Crippen LogP contribution in [0.3, 0.4) is 0 Å². The van der Waals surface area contributed by atoms with Crippen LogP contribution in [-0.4, -0.2) is 0 Å². The minimum atomic E-state index is 0.365. The molecule has 0 aromatic carbocycles. The number of thiophene rings is 1. The van der Waals surface area contributed by atoms with Gasteiger partial charge >= 0.3 is 0 Å². The summed E-state index contributed by atoms with van der Waals surface area (Å²) in [5, 5.41) is 2.18. The van der Waals surface area contributed by atoms with Gasteiger partial charge in [-0.3, -0.25) is 11.3 Å². The predicted molar refractivity (Wildman–Crippen MR) is 74.9 cm³/mol. The highest BCUT2D eigenvalue weighted by atomic mass is 32.1. The van der Waals surface area contributed by atoms with Crippen molar-refractivity contribution in [1.29, 1.82) is 0 Å². The Labute approximate surface area is 109 Å². The van der Waals surface area contributed by atoms with Gasteiger partial charge in [0, 0.05) is 4.88 Å². The van der Waals surface area contributed by atoms with E-state index in [-0.39, 0.29) is 0 Å². The molecule has 3 unspecified atom stereocenters. The maximum atomic E-state index is 5.81. The van der Waals surface area contributed by atoms with Crippen molar-refractivity contribution >= 4 is 11.3 Å². The molecule has 0 bridgehead atoms. The summed E-state index contributed by atoms with van der Waals surface area (Å²) in [5.74, 6) is 7.43. The zero-order chi connectivity index (χ0) is 12.3. The highest BCUT2D eigenvalue weighted by Gasteiger charge is 2.29. The zero-order valence-corrected chi connectivity index (χ0v) is 11.7. The molecule has 2 nitrogen and oxygen atoms in total. The molecule has 0 spiro atoms. The second-order valence-corrected chi connectivity index (χ2v) is 6.26. The van der Waals surface area contributed by atoms with Crippen molar-refractivity contribution < 1.29 is 0 Å². The maximum Gasteiger partial charge on any atom is 0.0584 e. The molecule has 1 aromatic rings. The summed E-state index contributed by atoms with van der Waals surface area (Å²) in [6, 6.07) is 2.56. The number of rotatable bonds is 4. The Hall–Kier alpha value is -0.380. The molecule has 3 atom stereocenters. The molecule has 2 rings (SSSR count). The molecular formula is C14H24N2S. The first kappa shape index (κ1) is 13.1. The summed E-state index contributed by atoms with van der Waals surface area (Å²) in [6.07, 6.45) is 6.75. The van der Waals surface area contributed by atoms with E-state index >= 15 is 0 Å². The molecule has 17 heavy (non-hydrogen) atoms. The van der Waals surface area contributed by atoms with Gasteiger partial charge < -0.3 is 0 Å². The van der Waals surface area contributed by atoms with Gasteiger partial charge in [0.25, 0.3) is 0 Å². The summed E-state index contributed by atoms with van der Waals surface area (Å²) in [4.78, 5) is 1.44. The van der Waals surface area contributed by atoms with Crippen LogP contribution >= 0.6 is 11.3 Å². The third-order valence-electron chi connectivity index (χ3n) is 4.24. The fourth-order valence-electron chi connectivity index (χ4n) is 3.14. The molecule has 1 aliphatic carbocycles. The normalized spacial score (nSPS) is 27.0. The maximum absolute atomic E-state index is 5.81. The largest absolute Gasteiger partial charge is 0.271 e. The van der Waals surface area contributed by atoms with Crippen LogP contribution in [0.4, 0.5) is 0 Å². The highest BCUT2D eigenvalue weighted by Crippen LogP contribution is 2.40. The lowest BCUT2D eigenvalue weighted by Crippen LogP contribution is -2.35. The molecule has 0 radical (unpaired) electrons. The number of hydrogen-bond donors (Lipinski definition) is 2. The summed E-state index contributed by atoms with van der Waals surface area (Å²) in [6.45, 7) is 4.50. The number of nitrogens with one attached hydrogen (secondary N) is 1. The van der Waals surface area contributed by atoms with E-state index in [0.29, 0.717) is 6.04 Å². The Balaban J connectivity index is 2.10. The van der Waals surface area contributed by atoms with Gasteiger partial charge in [-0.1, -0.05) is 26.2 Å². The quantitative estimate of drug-likeness (QED) is 0.632. The molecule has 1 saturated carbocycles. The van der Waals surface area contributed by atoms with E-state index < -0.39 is 0 Å². The van der Waals surface area contributed by atoms with Gasteiger partial charge in [-0.2, -0.15) is 0 Å². The Morgan fingerprint density at radius 3 is 2.94 bits per heavy atom. The van der Waals surface area contributed by atoms with E-state index in [1.165, 1.54) is 42.5 Å². The fourth-order valence-corrected chi connectivity index (χ4v) is 4.21. The van der Waals surface area contributed by atoms with Gasteiger partial charge in [0.2, 0.25) is 0 Å². The average molecular weight is 252 g/mol. The lowest BCUT2D eigenvalue weighted by molar-refractivity contribution is 0.211. The predicted octanol–water partition coefficient (Wildman–Crippen LogP) is 3.78. The second kappa shape index (κ2) is 5.98. The van der Waals surface area contributed by atoms with Crippen molar-refractivity contribution in [3.8, 4) is 0 Å². The number of hydrogen-bond acceptors (Lipinski definition) is 3. The van der Waals surface area contributed by atoms with Crippen molar-refractivity contribution in [2.45, 2.75) is 52.0 Å². The van der Waals surface area contributed by atoms with Crippen LogP contribution in [0.2, 0.25) is 0 Å². The third kappa shape index (κ3) is 2.90. The van der Waals surface area contributed by atoms with E-state index in [2.05, 4.69) is 30.7 Å². The molecule has 0 amide bonds. The summed E-state index contributed by atoms with van der Waals surface area (Å²) >= 11 is 1.84. The van der Waals surface area contributed by atoms with Gasteiger partial charge in [-0.25, -0.2) is 0 Å². The van der Waals surface area contributed by atoms with E-state index in [1.807, 2.05) is 11.3 Å². The Morgan fingerprint density at radius 2 is 2.35 bits per heavy atom. The van der Waals surface area contributed by atoms with Crippen molar-refractivity contribution in [3.63, 3.8) is 0 Å². The monoisotopic (exact) mass is 252 g/mol. The zero-order valence-electron chi connectivity index (χ0n) is 10.9. The van der Waals surface area contributed by atoms with Gasteiger partial charge in [0.1, 0.15) is 0 Å². The van der Waals surface area contributed by atoms with Crippen LogP contribution < -0.4 is 11.3 Å². The van der Waals surface area contributed by atoms with Gasteiger partial charge in [-0.05, 0) is 48.6 Å². The van der Waals surface area contributed by atoms with Crippen LogP contribution in [0.25, 0.3) is 0 Å². The Bertz CT molecular complexity index is 348. The van der Waals surface area contributed by atoms with E-state index in [4.69, 9.17) is 5.84 Å². The van der Waals surface area contributed by atoms with Crippen LogP contribution in [0.15, 0.2) is 11.4 Å². The van der Waals surface area contributed by atoms with Gasteiger partial charge in [0.15, 0.2) is 0 Å². The first-order valence-electron chi connectivity index (χ1n) is 6.76. The van der Waals surface area contributed by atoms with Crippen LogP contribution in [0.1, 0.15) is 55.5 Å². The van der Waals surface area contributed by atoms with Crippen LogP contribution in [-0.2, 0) is 0 Å². The summed E-state index contributed by atoms with van der Waals surface area (Å²) in [5.41, 5.74) is 4.46. The third-order valence-corrected chi connectivity index (χ3v) is 5.34. The molecule has 0 saturated heterocycles. The first-order valence-corrected chi connectivity index (χ1v) is 7.64. The van der Waals surface area contributed by atoms with Crippen molar-refractivity contribution in [3.05, 3.63) is 21.9 Å². The molecule has 3 N–H and O–H groups in total. The number of aryl methyl sites for hydroxylation is 1. The molecule has 1 aromatic heterocycles. The van der Waals surface area contributed by atoms with E-state index in [0.717, 1.165) is 11.8 Å². The fraction of sp³-hybridized carbons (Fsp3) is 0.714. The summed E-state index contributed by atoms with van der Waals surface area (Å²) in [7, 11) is 0. The number of nitrogens with two attached hydrogens (primary N) is 1. The lowest BCUT2D eigenvalue weighted by atomic mass is 9.76. The van der Waals surface area contributed by atoms with Crippen LogP contribution in [0, 0.1) is 18.8 Å². The molecular weight excluding hydrogens is 228 g/mol. The van der Waals surface area contributed by atoms with E-state index in [9.17, 15) is 0 Å². The molecule has 96 valence electrons. The van der Waals surface area contributed by atoms with Gasteiger partial charge in [-0.15, -0.1) is 11.3 Å². The molecule has 1 fully saturated rings. The first-order chi connectivity index (χ1) is 8.26. The lowest BCUT2D eigenvalue weighted by Gasteiger charge is -2.34. The van der Waals surface area contributed by atoms with Crippen molar-refractivity contribution in [2.24, 2.45) is 17.7 Å². The smallest absolute Gasteiger partial charge is 0.0584 e. The highest BCUT2D eigenvalue weighted by molar-refractivity contribution is 7.10. The minimum Gasteiger partial charge on any atom is -0.271 e. The topological polar surface area (TPSA) is 38.0 Å².